The van der Waals surface area contributed by atoms with E-state index in [4.69, 9.17) is 0 Å². The van der Waals surface area contributed by atoms with Gasteiger partial charge in [-0.3, -0.25) is 9.78 Å². The molecule has 3 aromatic rings. The van der Waals surface area contributed by atoms with E-state index in [1.807, 2.05) is 17.3 Å². The van der Waals surface area contributed by atoms with Crippen molar-refractivity contribution in [3.05, 3.63) is 66.2 Å². The maximum Gasteiger partial charge on any atom is 0.274 e. The third kappa shape index (κ3) is 3.72. The minimum Gasteiger partial charge on any atom is -0.337 e. The van der Waals surface area contributed by atoms with Crippen molar-refractivity contribution >= 4 is 16.7 Å². The molecule has 0 aliphatic carbocycles. The summed E-state index contributed by atoms with van der Waals surface area (Å²) in [6.45, 7) is 1.59. The van der Waals surface area contributed by atoms with E-state index >= 15 is 0 Å². The number of fused-ring (bicyclic) bond motifs is 1. The van der Waals surface area contributed by atoms with E-state index in [9.17, 15) is 4.79 Å². The SMILES string of the molecule is O=C(c1cccnn1)N1CCCC(Cc2ccc3cnccc3c2)CC1. The minimum atomic E-state index is -0.00282. The normalized spacial score (nSPS) is 17.8. The van der Waals surface area contributed by atoms with Crippen molar-refractivity contribution in [1.29, 1.82) is 0 Å². The topological polar surface area (TPSA) is 59.0 Å². The third-order valence-electron chi connectivity index (χ3n) is 5.16. The average molecular weight is 346 g/mol. The van der Waals surface area contributed by atoms with Crippen molar-refractivity contribution < 1.29 is 4.79 Å². The van der Waals surface area contributed by atoms with Crippen LogP contribution < -0.4 is 0 Å². The summed E-state index contributed by atoms with van der Waals surface area (Å²) in [6, 6.07) is 12.2. The molecule has 4 rings (SSSR count). The number of carbonyl (C=O) groups is 1. The van der Waals surface area contributed by atoms with Crippen LogP contribution in [0, 0.1) is 5.92 Å². The smallest absolute Gasteiger partial charge is 0.274 e. The van der Waals surface area contributed by atoms with Gasteiger partial charge in [-0.25, -0.2) is 0 Å². The Morgan fingerprint density at radius 3 is 2.92 bits per heavy atom. The summed E-state index contributed by atoms with van der Waals surface area (Å²) in [5, 5.41) is 10.2. The number of hydrogen-bond acceptors (Lipinski definition) is 4. The van der Waals surface area contributed by atoms with Gasteiger partial charge in [-0.05, 0) is 60.7 Å². The number of pyridine rings is 1. The van der Waals surface area contributed by atoms with Crippen LogP contribution in [0.15, 0.2) is 55.0 Å². The number of amides is 1. The molecule has 5 nitrogen and oxygen atoms in total. The molecule has 1 saturated heterocycles. The lowest BCUT2D eigenvalue weighted by Crippen LogP contribution is -2.32. The highest BCUT2D eigenvalue weighted by atomic mass is 16.2. The van der Waals surface area contributed by atoms with Crippen LogP contribution in [0.25, 0.3) is 10.8 Å². The molecule has 3 heterocycles. The van der Waals surface area contributed by atoms with E-state index < -0.39 is 0 Å². The molecule has 1 aliphatic rings. The van der Waals surface area contributed by atoms with Crippen LogP contribution in [0.5, 0.6) is 0 Å². The summed E-state index contributed by atoms with van der Waals surface area (Å²) in [4.78, 5) is 18.7. The first-order chi connectivity index (χ1) is 12.8. The van der Waals surface area contributed by atoms with Crippen molar-refractivity contribution in [3.8, 4) is 0 Å². The Kier molecular flexibility index (Phi) is 4.86. The van der Waals surface area contributed by atoms with E-state index in [0.717, 1.165) is 38.8 Å². The summed E-state index contributed by atoms with van der Waals surface area (Å²) in [5.41, 5.74) is 1.80. The van der Waals surface area contributed by atoms with Crippen LogP contribution in [-0.4, -0.2) is 39.1 Å². The van der Waals surface area contributed by atoms with Crippen LogP contribution in [0.4, 0.5) is 0 Å². The first kappa shape index (κ1) is 16.6. The number of likely N-dealkylation sites (tertiary alicyclic amines) is 1. The fourth-order valence-electron chi connectivity index (χ4n) is 3.74. The molecule has 0 N–H and O–H groups in total. The van der Waals surface area contributed by atoms with Gasteiger partial charge in [0.15, 0.2) is 5.69 Å². The molecular weight excluding hydrogens is 324 g/mol. The molecule has 2 aromatic heterocycles. The largest absolute Gasteiger partial charge is 0.337 e. The Hall–Kier alpha value is -2.82. The van der Waals surface area contributed by atoms with Crippen molar-refractivity contribution in [2.75, 3.05) is 13.1 Å². The summed E-state index contributed by atoms with van der Waals surface area (Å²) >= 11 is 0. The number of nitrogens with zero attached hydrogens (tertiary/aromatic N) is 4. The summed E-state index contributed by atoms with van der Waals surface area (Å²) in [7, 11) is 0. The molecule has 0 bridgehead atoms. The van der Waals surface area contributed by atoms with Crippen LogP contribution in [-0.2, 0) is 6.42 Å². The molecule has 5 heteroatoms. The van der Waals surface area contributed by atoms with E-state index in [0.29, 0.717) is 11.6 Å². The minimum absolute atomic E-state index is 0.00282. The maximum absolute atomic E-state index is 12.6. The molecule has 1 aromatic carbocycles. The van der Waals surface area contributed by atoms with Gasteiger partial charge in [0, 0.05) is 37.1 Å². The second-order valence-corrected chi connectivity index (χ2v) is 6.96. The zero-order chi connectivity index (χ0) is 17.8. The molecule has 1 fully saturated rings. The van der Waals surface area contributed by atoms with Crippen LogP contribution in [0.1, 0.15) is 35.3 Å². The van der Waals surface area contributed by atoms with Crippen molar-refractivity contribution in [2.24, 2.45) is 5.92 Å². The second kappa shape index (κ2) is 7.60. The molecule has 1 unspecified atom stereocenters. The van der Waals surface area contributed by atoms with E-state index in [2.05, 4.69) is 39.4 Å². The molecule has 132 valence electrons. The van der Waals surface area contributed by atoms with Gasteiger partial charge < -0.3 is 4.90 Å². The first-order valence-electron chi connectivity index (χ1n) is 9.19. The number of benzene rings is 1. The molecule has 1 amide bonds. The summed E-state index contributed by atoms with van der Waals surface area (Å²) < 4.78 is 0. The molecule has 0 saturated carbocycles. The average Bonchev–Trinajstić information content (AvgIpc) is 2.93. The van der Waals surface area contributed by atoms with E-state index in [1.54, 1.807) is 18.3 Å². The lowest BCUT2D eigenvalue weighted by atomic mass is 9.92. The Morgan fingerprint density at radius 2 is 2.04 bits per heavy atom. The predicted octanol–water partition coefficient (Wildman–Crippen LogP) is 3.51. The highest BCUT2D eigenvalue weighted by molar-refractivity contribution is 5.92. The van der Waals surface area contributed by atoms with Gasteiger partial charge in [0.05, 0.1) is 0 Å². The Bertz CT molecular complexity index is 897. The first-order valence-corrected chi connectivity index (χ1v) is 9.19. The van der Waals surface area contributed by atoms with E-state index in [1.165, 1.54) is 16.3 Å². The van der Waals surface area contributed by atoms with Crippen LogP contribution in [0.3, 0.4) is 0 Å². The number of hydrogen-bond donors (Lipinski definition) is 0. The summed E-state index contributed by atoms with van der Waals surface area (Å²) in [5.74, 6) is 0.603. The summed E-state index contributed by atoms with van der Waals surface area (Å²) in [6.07, 6.45) is 9.61. The lowest BCUT2D eigenvalue weighted by Gasteiger charge is -2.20. The monoisotopic (exact) mass is 346 g/mol. The highest BCUT2D eigenvalue weighted by Crippen LogP contribution is 2.24. The Labute approximate surface area is 153 Å². The molecule has 0 spiro atoms. The fraction of sp³-hybridized carbons (Fsp3) is 0.333. The standard InChI is InChI=1S/C21H22N4O/c26-21(20-4-1-9-23-24-20)25-11-2-3-16(8-12-25)13-17-5-6-19-15-22-10-7-18(19)14-17/h1,4-7,9-10,14-16H,2-3,8,11-13H2. The maximum atomic E-state index is 12.6. The van der Waals surface area contributed by atoms with Crippen molar-refractivity contribution in [1.82, 2.24) is 20.1 Å². The predicted molar refractivity (Wildman–Crippen MR) is 101 cm³/mol. The zero-order valence-corrected chi connectivity index (χ0v) is 14.7. The van der Waals surface area contributed by atoms with Crippen molar-refractivity contribution in [2.45, 2.75) is 25.7 Å². The molecule has 1 aliphatic heterocycles. The second-order valence-electron chi connectivity index (χ2n) is 6.96. The lowest BCUT2D eigenvalue weighted by molar-refractivity contribution is 0.0753. The Morgan fingerprint density at radius 1 is 1.08 bits per heavy atom. The van der Waals surface area contributed by atoms with Gasteiger partial charge in [0.2, 0.25) is 0 Å². The Balaban J connectivity index is 1.41. The molecule has 1 atom stereocenters. The molecule has 26 heavy (non-hydrogen) atoms. The van der Waals surface area contributed by atoms with Gasteiger partial charge in [-0.2, -0.15) is 5.10 Å². The van der Waals surface area contributed by atoms with Gasteiger partial charge >= 0.3 is 0 Å². The molecule has 0 radical (unpaired) electrons. The number of carbonyl (C=O) groups excluding carboxylic acids is 1. The quantitative estimate of drug-likeness (QED) is 0.728. The van der Waals surface area contributed by atoms with Gasteiger partial charge in [0.1, 0.15) is 0 Å². The van der Waals surface area contributed by atoms with Gasteiger partial charge in [0.25, 0.3) is 5.91 Å². The van der Waals surface area contributed by atoms with Gasteiger partial charge in [-0.1, -0.05) is 18.2 Å². The fourth-order valence-corrected chi connectivity index (χ4v) is 3.74. The molecular formula is C21H22N4O. The number of rotatable bonds is 3. The highest BCUT2D eigenvalue weighted by Gasteiger charge is 2.22. The van der Waals surface area contributed by atoms with Crippen molar-refractivity contribution in [3.63, 3.8) is 0 Å². The number of aromatic nitrogens is 3. The third-order valence-corrected chi connectivity index (χ3v) is 5.16. The van der Waals surface area contributed by atoms with Crippen LogP contribution >= 0.6 is 0 Å². The zero-order valence-electron chi connectivity index (χ0n) is 14.7. The van der Waals surface area contributed by atoms with E-state index in [-0.39, 0.29) is 5.91 Å². The van der Waals surface area contributed by atoms with Gasteiger partial charge in [-0.15, -0.1) is 5.10 Å². The van der Waals surface area contributed by atoms with Crippen LogP contribution in [0.2, 0.25) is 0 Å².